The number of methoxy groups -OCH3 is 1. The zero-order valence-electron chi connectivity index (χ0n) is 18.0. The Hall–Kier alpha value is -3.68. The summed E-state index contributed by atoms with van der Waals surface area (Å²) in [5.74, 6) is -0.365. The van der Waals surface area contributed by atoms with Gasteiger partial charge in [-0.1, -0.05) is 30.3 Å². The van der Waals surface area contributed by atoms with Gasteiger partial charge in [0.25, 0.3) is 11.8 Å². The van der Waals surface area contributed by atoms with Gasteiger partial charge in [-0.25, -0.2) is 4.98 Å². The van der Waals surface area contributed by atoms with Gasteiger partial charge in [0.2, 0.25) is 0 Å². The highest BCUT2D eigenvalue weighted by Crippen LogP contribution is 2.14. The van der Waals surface area contributed by atoms with E-state index in [4.69, 9.17) is 4.74 Å². The number of likely N-dealkylation sites (N-methyl/N-ethyl adjacent to an activating group) is 1. The number of ether oxygens (including phenoxy) is 1. The summed E-state index contributed by atoms with van der Waals surface area (Å²) >= 11 is 0. The number of benzene rings is 1. The minimum Gasteiger partial charge on any atom is -0.467 e. The van der Waals surface area contributed by atoms with Crippen molar-refractivity contribution in [2.75, 3.05) is 20.7 Å². The fourth-order valence-corrected chi connectivity index (χ4v) is 3.36. The molecule has 0 saturated heterocycles. The van der Waals surface area contributed by atoms with Crippen LogP contribution in [-0.4, -0.2) is 58.0 Å². The molecule has 0 fully saturated rings. The van der Waals surface area contributed by atoms with E-state index in [1.54, 1.807) is 28.6 Å². The summed E-state index contributed by atoms with van der Waals surface area (Å²) in [4.78, 5) is 35.3. The number of hydrogen-bond acceptors (Lipinski definition) is 5. The van der Waals surface area contributed by atoms with Crippen molar-refractivity contribution in [2.45, 2.75) is 18.9 Å². The summed E-state index contributed by atoms with van der Waals surface area (Å²) in [7, 11) is 5.04. The number of hydrogen-bond donors (Lipinski definition) is 1. The normalized spacial score (nSPS) is 11.6. The number of aromatic nitrogens is 3. The summed E-state index contributed by atoms with van der Waals surface area (Å²) < 4.78 is 6.81. The van der Waals surface area contributed by atoms with Crippen LogP contribution >= 0.6 is 0 Å². The van der Waals surface area contributed by atoms with Crippen molar-refractivity contribution in [1.29, 1.82) is 0 Å². The molecular formula is C23H27N5O3. The van der Waals surface area contributed by atoms with Crippen LogP contribution in [0.1, 0.15) is 33.0 Å². The van der Waals surface area contributed by atoms with Gasteiger partial charge in [0, 0.05) is 39.1 Å². The van der Waals surface area contributed by atoms with Gasteiger partial charge in [-0.05, 0) is 36.6 Å². The first-order chi connectivity index (χ1) is 15.0. The van der Waals surface area contributed by atoms with Crippen molar-refractivity contribution >= 4 is 11.8 Å². The molecule has 2 amide bonds. The average Bonchev–Trinajstić information content (AvgIpc) is 3.24. The van der Waals surface area contributed by atoms with Gasteiger partial charge in [0.05, 0.1) is 7.11 Å². The minimum absolute atomic E-state index is 0.135. The molecule has 0 aliphatic heterocycles. The first kappa shape index (κ1) is 22.0. The molecule has 3 rings (SSSR count). The van der Waals surface area contributed by atoms with Crippen LogP contribution in [0.3, 0.4) is 0 Å². The van der Waals surface area contributed by atoms with E-state index in [1.807, 2.05) is 49.6 Å². The van der Waals surface area contributed by atoms with Crippen LogP contribution in [-0.2, 0) is 13.5 Å². The highest BCUT2D eigenvalue weighted by molar-refractivity contribution is 5.93. The molecule has 1 aromatic carbocycles. The monoisotopic (exact) mass is 421 g/mol. The quantitative estimate of drug-likeness (QED) is 0.573. The predicted molar refractivity (Wildman–Crippen MR) is 117 cm³/mol. The van der Waals surface area contributed by atoms with E-state index >= 15 is 0 Å². The maximum atomic E-state index is 13.1. The molecule has 0 saturated carbocycles. The van der Waals surface area contributed by atoms with Crippen LogP contribution in [0.2, 0.25) is 0 Å². The van der Waals surface area contributed by atoms with Gasteiger partial charge in [0.1, 0.15) is 11.4 Å². The summed E-state index contributed by atoms with van der Waals surface area (Å²) in [6.45, 7) is 0.437. The lowest BCUT2D eigenvalue weighted by molar-refractivity contribution is 0.0715. The fraction of sp³-hybridized carbons (Fsp3) is 0.304. The Morgan fingerprint density at radius 2 is 1.94 bits per heavy atom. The zero-order chi connectivity index (χ0) is 22.2. The van der Waals surface area contributed by atoms with Crippen molar-refractivity contribution in [3.8, 4) is 6.01 Å². The topological polar surface area (TPSA) is 89.4 Å². The lowest BCUT2D eigenvalue weighted by atomic mass is 10.0. The fourth-order valence-electron chi connectivity index (χ4n) is 3.36. The Bertz CT molecular complexity index is 1020. The molecule has 8 nitrogen and oxygen atoms in total. The van der Waals surface area contributed by atoms with Gasteiger partial charge in [-0.15, -0.1) is 0 Å². The third kappa shape index (κ3) is 5.69. The van der Waals surface area contributed by atoms with Crippen molar-refractivity contribution in [2.24, 2.45) is 7.05 Å². The molecule has 8 heteroatoms. The number of nitrogens with zero attached hydrogens (tertiary/aromatic N) is 4. The third-order valence-electron chi connectivity index (χ3n) is 5.16. The van der Waals surface area contributed by atoms with E-state index in [1.165, 1.54) is 13.3 Å². The Balaban J connectivity index is 1.71. The van der Waals surface area contributed by atoms with E-state index in [0.29, 0.717) is 25.1 Å². The van der Waals surface area contributed by atoms with E-state index < -0.39 is 0 Å². The number of aryl methyl sites for hydroxylation is 1. The summed E-state index contributed by atoms with van der Waals surface area (Å²) in [6, 6.07) is 15.1. The molecule has 0 aliphatic carbocycles. The second-order valence-corrected chi connectivity index (χ2v) is 7.24. The van der Waals surface area contributed by atoms with E-state index in [9.17, 15) is 9.59 Å². The number of nitrogens with one attached hydrogen (secondary N) is 1. The third-order valence-corrected chi connectivity index (χ3v) is 5.16. The van der Waals surface area contributed by atoms with E-state index in [-0.39, 0.29) is 29.6 Å². The molecule has 2 heterocycles. The maximum Gasteiger partial charge on any atom is 0.316 e. The molecule has 0 unspecified atom stereocenters. The molecule has 1 atom stereocenters. The highest BCUT2D eigenvalue weighted by Gasteiger charge is 2.23. The summed E-state index contributed by atoms with van der Waals surface area (Å²) in [5, 5.41) is 2.95. The van der Waals surface area contributed by atoms with Gasteiger partial charge in [-0.3, -0.25) is 9.59 Å². The van der Waals surface area contributed by atoms with Gasteiger partial charge in [0.15, 0.2) is 0 Å². The molecular weight excluding hydrogens is 394 g/mol. The first-order valence-electron chi connectivity index (χ1n) is 10.1. The predicted octanol–water partition coefficient (Wildman–Crippen LogP) is 2.33. The van der Waals surface area contributed by atoms with E-state index in [0.717, 1.165) is 5.56 Å². The van der Waals surface area contributed by atoms with Gasteiger partial charge in [-0.2, -0.15) is 4.98 Å². The molecule has 1 N–H and O–H groups in total. The zero-order valence-corrected chi connectivity index (χ0v) is 18.0. The standard InChI is InChI=1S/C23H27N5O3/c1-27-15-7-10-20(27)21(29)24-13-11-18(16-17-8-5-4-6-9-17)28(2)22(30)19-12-14-25-23(26-19)31-3/h4-10,12,14-15,18H,11,13,16H2,1-3H3,(H,24,29)/t18-/m1/s1. The highest BCUT2D eigenvalue weighted by atomic mass is 16.5. The van der Waals surface area contributed by atoms with Crippen LogP contribution in [0.4, 0.5) is 0 Å². The molecule has 0 aliphatic rings. The number of amides is 2. The Kier molecular flexibility index (Phi) is 7.37. The number of carbonyl (C=O) groups is 2. The van der Waals surface area contributed by atoms with Crippen LogP contribution in [0.15, 0.2) is 60.9 Å². The van der Waals surface area contributed by atoms with Crippen LogP contribution < -0.4 is 10.1 Å². The largest absolute Gasteiger partial charge is 0.467 e. The second kappa shape index (κ2) is 10.4. The first-order valence-corrected chi connectivity index (χ1v) is 10.1. The second-order valence-electron chi connectivity index (χ2n) is 7.24. The van der Waals surface area contributed by atoms with Crippen LogP contribution in [0, 0.1) is 0 Å². The Labute approximate surface area is 181 Å². The molecule has 0 spiro atoms. The SMILES string of the molecule is COc1nccc(C(=O)N(C)[C@H](CCNC(=O)c2cccn2C)Cc2ccccc2)n1. The molecule has 0 radical (unpaired) electrons. The van der Waals surface area contributed by atoms with Crippen molar-refractivity contribution in [3.63, 3.8) is 0 Å². The smallest absolute Gasteiger partial charge is 0.316 e. The van der Waals surface area contributed by atoms with Crippen molar-refractivity contribution < 1.29 is 14.3 Å². The average molecular weight is 422 g/mol. The van der Waals surface area contributed by atoms with E-state index in [2.05, 4.69) is 15.3 Å². The van der Waals surface area contributed by atoms with Gasteiger partial charge < -0.3 is 19.5 Å². The molecule has 3 aromatic rings. The minimum atomic E-state index is -0.226. The van der Waals surface area contributed by atoms with Crippen LogP contribution in [0.25, 0.3) is 0 Å². The molecule has 0 bridgehead atoms. The Morgan fingerprint density at radius 1 is 1.16 bits per heavy atom. The lowest BCUT2D eigenvalue weighted by Crippen LogP contribution is -2.41. The molecule has 162 valence electrons. The summed E-state index contributed by atoms with van der Waals surface area (Å²) in [5.41, 5.74) is 1.97. The van der Waals surface area contributed by atoms with Crippen molar-refractivity contribution in [1.82, 2.24) is 24.8 Å². The van der Waals surface area contributed by atoms with Crippen molar-refractivity contribution in [3.05, 3.63) is 77.9 Å². The molecule has 2 aromatic heterocycles. The lowest BCUT2D eigenvalue weighted by Gasteiger charge is -2.28. The molecule has 31 heavy (non-hydrogen) atoms. The Morgan fingerprint density at radius 3 is 2.61 bits per heavy atom. The maximum absolute atomic E-state index is 13.1. The summed E-state index contributed by atoms with van der Waals surface area (Å²) in [6.07, 6.45) is 4.58. The van der Waals surface area contributed by atoms with Crippen LogP contribution in [0.5, 0.6) is 6.01 Å². The number of carbonyl (C=O) groups excluding carboxylic acids is 2. The van der Waals surface area contributed by atoms with Gasteiger partial charge >= 0.3 is 6.01 Å². The number of rotatable bonds is 9.